The van der Waals surface area contributed by atoms with Crippen LogP contribution in [-0.4, -0.2) is 52.7 Å². The number of nitrogens with zero attached hydrogens (tertiary/aromatic N) is 5. The lowest BCUT2D eigenvalue weighted by Gasteiger charge is -2.34. The highest BCUT2D eigenvalue weighted by atomic mass is 35.5. The molecule has 3 heterocycles. The van der Waals surface area contributed by atoms with Crippen LogP contribution < -0.4 is 15.8 Å². The minimum atomic E-state index is -0.287. The predicted octanol–water partition coefficient (Wildman–Crippen LogP) is 4.58. The van der Waals surface area contributed by atoms with E-state index >= 15 is 0 Å². The Labute approximate surface area is 201 Å². The van der Waals surface area contributed by atoms with Crippen molar-refractivity contribution >= 4 is 51.3 Å². The molecule has 0 amide bonds. The molecular weight excluding hydrogens is 459 g/mol. The van der Waals surface area contributed by atoms with Crippen molar-refractivity contribution in [2.75, 3.05) is 43.4 Å². The first-order valence-electron chi connectivity index (χ1n) is 10.6. The van der Waals surface area contributed by atoms with Crippen molar-refractivity contribution in [2.45, 2.75) is 0 Å². The number of aromatic nitrogens is 3. The zero-order valence-corrected chi connectivity index (χ0v) is 19.5. The highest BCUT2D eigenvalue weighted by Gasteiger charge is 2.15. The van der Waals surface area contributed by atoms with Gasteiger partial charge in [0.15, 0.2) is 0 Å². The molecule has 0 atom stereocenters. The number of benzene rings is 2. The molecule has 0 unspecified atom stereocenters. The molecule has 2 aromatic carbocycles. The number of likely N-dealkylation sites (N-methyl/N-ethyl adjacent to an activating group) is 1. The molecule has 5 rings (SSSR count). The van der Waals surface area contributed by atoms with Crippen LogP contribution in [0.4, 0.5) is 17.2 Å². The van der Waals surface area contributed by atoms with Gasteiger partial charge in [0.05, 0.1) is 26.6 Å². The Morgan fingerprint density at radius 1 is 0.939 bits per heavy atom. The smallest absolute Gasteiger partial charge is 0.267 e. The maximum atomic E-state index is 13.0. The Morgan fingerprint density at radius 2 is 1.64 bits per heavy atom. The van der Waals surface area contributed by atoms with Gasteiger partial charge in [0.25, 0.3) is 5.56 Å². The van der Waals surface area contributed by atoms with Crippen LogP contribution in [0.3, 0.4) is 0 Å². The Balaban J connectivity index is 1.38. The predicted molar refractivity (Wildman–Crippen MR) is 135 cm³/mol. The van der Waals surface area contributed by atoms with Crippen LogP contribution in [0.1, 0.15) is 0 Å². The molecule has 0 saturated carbocycles. The first-order chi connectivity index (χ1) is 16.0. The Morgan fingerprint density at radius 3 is 2.33 bits per heavy atom. The fourth-order valence-corrected chi connectivity index (χ4v) is 4.51. The monoisotopic (exact) mass is 480 g/mol. The van der Waals surface area contributed by atoms with E-state index < -0.39 is 0 Å². The molecule has 0 aliphatic carbocycles. The fourth-order valence-electron chi connectivity index (χ4n) is 3.93. The average molecular weight is 481 g/mol. The summed E-state index contributed by atoms with van der Waals surface area (Å²) in [4.78, 5) is 26.6. The van der Waals surface area contributed by atoms with Gasteiger partial charge in [0.2, 0.25) is 0 Å². The van der Waals surface area contributed by atoms with Crippen molar-refractivity contribution in [1.82, 2.24) is 19.4 Å². The topological polar surface area (TPSA) is 66.3 Å². The number of anilines is 3. The lowest BCUT2D eigenvalue weighted by atomic mass is 10.2. The van der Waals surface area contributed by atoms with Crippen molar-refractivity contribution in [3.05, 3.63) is 81.5 Å². The SMILES string of the molecule is CN1CCN(c2ccc(Nc3cc4ncn(-c5c(Cl)cccc5Cl)c(=O)c4cn3)cc2)CC1. The zero-order chi connectivity index (χ0) is 22.9. The molecule has 1 fully saturated rings. The standard InChI is InChI=1S/C24H22Cl2N6O/c1-30-9-11-31(12-10-30)17-7-5-16(6-8-17)29-22-13-21-18(14-27-22)24(33)32(15-28-21)23-19(25)3-2-4-20(23)26/h2-8,13-15H,9-12H2,1H3,(H,27,29). The van der Waals surface area contributed by atoms with Crippen LogP contribution in [0.5, 0.6) is 0 Å². The number of rotatable bonds is 4. The van der Waals surface area contributed by atoms with E-state index in [-0.39, 0.29) is 5.56 Å². The van der Waals surface area contributed by atoms with Crippen LogP contribution in [0.25, 0.3) is 16.6 Å². The fraction of sp³-hybridized carbons (Fsp3) is 0.208. The zero-order valence-electron chi connectivity index (χ0n) is 18.0. The summed E-state index contributed by atoms with van der Waals surface area (Å²) in [5, 5.41) is 4.41. The first-order valence-corrected chi connectivity index (χ1v) is 11.4. The van der Waals surface area contributed by atoms with E-state index in [0.717, 1.165) is 31.9 Å². The molecule has 1 aliphatic rings. The molecule has 2 aromatic heterocycles. The van der Waals surface area contributed by atoms with Gasteiger partial charge >= 0.3 is 0 Å². The van der Waals surface area contributed by atoms with Crippen LogP contribution in [0, 0.1) is 0 Å². The van der Waals surface area contributed by atoms with Crippen molar-refractivity contribution < 1.29 is 0 Å². The van der Waals surface area contributed by atoms with Gasteiger partial charge in [0, 0.05) is 49.8 Å². The second kappa shape index (κ2) is 9.02. The second-order valence-electron chi connectivity index (χ2n) is 8.04. The lowest BCUT2D eigenvalue weighted by Crippen LogP contribution is -2.44. The summed E-state index contributed by atoms with van der Waals surface area (Å²) >= 11 is 12.5. The van der Waals surface area contributed by atoms with E-state index in [1.807, 2.05) is 12.1 Å². The van der Waals surface area contributed by atoms with E-state index in [1.165, 1.54) is 22.8 Å². The summed E-state index contributed by atoms with van der Waals surface area (Å²) in [6.45, 7) is 4.19. The number of pyridine rings is 1. The summed E-state index contributed by atoms with van der Waals surface area (Å²) in [7, 11) is 2.15. The van der Waals surface area contributed by atoms with Gasteiger partial charge in [-0.25, -0.2) is 9.97 Å². The summed E-state index contributed by atoms with van der Waals surface area (Å²) in [6.07, 6.45) is 2.96. The minimum absolute atomic E-state index is 0.287. The third kappa shape index (κ3) is 4.39. The molecular formula is C24H22Cl2N6O. The van der Waals surface area contributed by atoms with Crippen molar-refractivity contribution in [3.8, 4) is 5.69 Å². The largest absolute Gasteiger partial charge is 0.369 e. The average Bonchev–Trinajstić information content (AvgIpc) is 2.81. The quantitative estimate of drug-likeness (QED) is 0.460. The van der Waals surface area contributed by atoms with Crippen molar-refractivity contribution in [1.29, 1.82) is 0 Å². The second-order valence-corrected chi connectivity index (χ2v) is 8.85. The highest BCUT2D eigenvalue weighted by Crippen LogP contribution is 2.28. The third-order valence-electron chi connectivity index (χ3n) is 5.83. The molecule has 1 N–H and O–H groups in total. The van der Waals surface area contributed by atoms with Gasteiger partial charge in [0.1, 0.15) is 12.1 Å². The Bertz CT molecular complexity index is 1340. The molecule has 168 valence electrons. The molecule has 9 heteroatoms. The molecule has 0 radical (unpaired) electrons. The minimum Gasteiger partial charge on any atom is -0.369 e. The van der Waals surface area contributed by atoms with E-state index in [1.54, 1.807) is 24.3 Å². The van der Waals surface area contributed by atoms with Crippen LogP contribution in [0.2, 0.25) is 10.0 Å². The normalized spacial score (nSPS) is 14.6. The number of para-hydroxylation sites is 1. The number of hydrogen-bond acceptors (Lipinski definition) is 6. The molecule has 0 bridgehead atoms. The van der Waals surface area contributed by atoms with E-state index in [0.29, 0.717) is 32.5 Å². The van der Waals surface area contributed by atoms with Gasteiger partial charge in [-0.05, 0) is 43.4 Å². The number of fused-ring (bicyclic) bond motifs is 1. The maximum absolute atomic E-state index is 13.0. The van der Waals surface area contributed by atoms with E-state index in [4.69, 9.17) is 23.2 Å². The number of hydrogen-bond donors (Lipinski definition) is 1. The molecule has 1 aliphatic heterocycles. The number of nitrogens with one attached hydrogen (secondary N) is 1. The highest BCUT2D eigenvalue weighted by molar-refractivity contribution is 6.37. The third-order valence-corrected chi connectivity index (χ3v) is 6.44. The van der Waals surface area contributed by atoms with Crippen LogP contribution in [0.15, 0.2) is 65.8 Å². The molecule has 4 aromatic rings. The molecule has 7 nitrogen and oxygen atoms in total. The van der Waals surface area contributed by atoms with E-state index in [2.05, 4.69) is 44.3 Å². The van der Waals surface area contributed by atoms with Crippen LogP contribution in [-0.2, 0) is 0 Å². The van der Waals surface area contributed by atoms with Gasteiger partial charge in [-0.15, -0.1) is 0 Å². The van der Waals surface area contributed by atoms with Gasteiger partial charge in [-0.2, -0.15) is 0 Å². The summed E-state index contributed by atoms with van der Waals surface area (Å²) < 4.78 is 1.35. The van der Waals surface area contributed by atoms with Crippen LogP contribution >= 0.6 is 23.2 Å². The summed E-state index contributed by atoms with van der Waals surface area (Å²) in [6, 6.07) is 15.1. The van der Waals surface area contributed by atoms with Crippen molar-refractivity contribution in [2.24, 2.45) is 0 Å². The number of halogens is 2. The lowest BCUT2D eigenvalue weighted by molar-refractivity contribution is 0.313. The Kier molecular flexibility index (Phi) is 5.93. The summed E-state index contributed by atoms with van der Waals surface area (Å²) in [5.41, 5.74) is 2.77. The van der Waals surface area contributed by atoms with Gasteiger partial charge < -0.3 is 15.1 Å². The molecule has 0 spiro atoms. The summed E-state index contributed by atoms with van der Waals surface area (Å²) in [5.74, 6) is 0.607. The van der Waals surface area contributed by atoms with E-state index in [9.17, 15) is 4.79 Å². The first kappa shape index (κ1) is 21.7. The number of piperazine rings is 1. The molecule has 33 heavy (non-hydrogen) atoms. The molecule has 1 saturated heterocycles. The Hall–Kier alpha value is -3.13. The van der Waals surface area contributed by atoms with Gasteiger partial charge in [-0.1, -0.05) is 29.3 Å². The van der Waals surface area contributed by atoms with Gasteiger partial charge in [-0.3, -0.25) is 9.36 Å². The van der Waals surface area contributed by atoms with Crippen molar-refractivity contribution in [3.63, 3.8) is 0 Å². The maximum Gasteiger partial charge on any atom is 0.267 e.